The molecule has 0 aliphatic carbocycles. The molecule has 1 aliphatic rings. The van der Waals surface area contributed by atoms with Crippen molar-refractivity contribution in [3.05, 3.63) is 58.6 Å². The number of aromatic nitrogens is 2. The lowest BCUT2D eigenvalue weighted by Crippen LogP contribution is -2.27. The monoisotopic (exact) mass is 492 g/mol. The van der Waals surface area contributed by atoms with Gasteiger partial charge in [-0.15, -0.1) is 10.2 Å². The molecule has 2 aromatic carbocycles. The molecule has 4 rings (SSSR count). The van der Waals surface area contributed by atoms with Crippen LogP contribution in [0, 0.1) is 0 Å². The molecule has 0 unspecified atom stereocenters. The molecule has 3 aromatic rings. The van der Waals surface area contributed by atoms with Gasteiger partial charge < -0.3 is 0 Å². The van der Waals surface area contributed by atoms with E-state index in [9.17, 15) is 13.2 Å². The van der Waals surface area contributed by atoms with Crippen molar-refractivity contribution in [3.8, 4) is 10.6 Å². The van der Waals surface area contributed by atoms with Crippen LogP contribution in [-0.2, 0) is 10.0 Å². The maximum Gasteiger partial charge on any atom is 0.257 e. The predicted octanol–water partition coefficient (Wildman–Crippen LogP) is 4.00. The van der Waals surface area contributed by atoms with Gasteiger partial charge in [-0.05, 0) is 49.2 Å². The number of amides is 1. The van der Waals surface area contributed by atoms with Gasteiger partial charge in [-0.3, -0.25) is 10.1 Å². The van der Waals surface area contributed by atoms with E-state index in [1.807, 2.05) is 24.3 Å². The summed E-state index contributed by atoms with van der Waals surface area (Å²) in [6.07, 6.45) is 1.76. The van der Waals surface area contributed by atoms with Crippen molar-refractivity contribution < 1.29 is 13.2 Å². The second kappa shape index (κ2) is 8.31. The SMILES string of the molecule is O=C(Nc1nnc(-c2ccc(Br)cc2)s1)c1ccc(S(=O)(=O)N2CCCC2)cc1. The van der Waals surface area contributed by atoms with Crippen LogP contribution >= 0.6 is 27.3 Å². The summed E-state index contributed by atoms with van der Waals surface area (Å²) in [5.74, 6) is -0.367. The zero-order valence-corrected chi connectivity index (χ0v) is 18.4. The second-order valence-electron chi connectivity index (χ2n) is 6.51. The number of anilines is 1. The third-order valence-corrected chi connectivity index (χ3v) is 7.89. The highest BCUT2D eigenvalue weighted by molar-refractivity contribution is 9.10. The molecule has 0 saturated carbocycles. The van der Waals surface area contributed by atoms with Crippen LogP contribution in [0.2, 0.25) is 0 Å². The number of rotatable bonds is 5. The van der Waals surface area contributed by atoms with E-state index >= 15 is 0 Å². The molecule has 10 heteroatoms. The van der Waals surface area contributed by atoms with Crippen molar-refractivity contribution in [2.75, 3.05) is 18.4 Å². The van der Waals surface area contributed by atoms with Gasteiger partial charge in [0.05, 0.1) is 4.90 Å². The lowest BCUT2D eigenvalue weighted by Gasteiger charge is -2.15. The fourth-order valence-corrected chi connectivity index (χ4v) is 5.53. The fourth-order valence-electron chi connectivity index (χ4n) is 3.01. The molecule has 1 aliphatic heterocycles. The molecule has 150 valence electrons. The number of benzene rings is 2. The average molecular weight is 493 g/mol. The molecule has 1 amide bonds. The molecule has 0 bridgehead atoms. The molecule has 1 aromatic heterocycles. The Morgan fingerprint density at radius 3 is 2.31 bits per heavy atom. The van der Waals surface area contributed by atoms with Gasteiger partial charge in [0.15, 0.2) is 0 Å². The summed E-state index contributed by atoms with van der Waals surface area (Å²) in [6.45, 7) is 1.09. The third kappa shape index (κ3) is 4.40. The third-order valence-electron chi connectivity index (χ3n) is 4.56. The molecule has 7 nitrogen and oxygen atoms in total. The molecular weight excluding hydrogens is 476 g/mol. The van der Waals surface area contributed by atoms with E-state index in [0.29, 0.717) is 28.8 Å². The van der Waals surface area contributed by atoms with Gasteiger partial charge in [-0.1, -0.05) is 39.4 Å². The summed E-state index contributed by atoms with van der Waals surface area (Å²) in [5.41, 5.74) is 1.26. The normalized spacial score (nSPS) is 14.8. The smallest absolute Gasteiger partial charge is 0.257 e. The highest BCUT2D eigenvalue weighted by atomic mass is 79.9. The Labute approximate surface area is 181 Å². The van der Waals surface area contributed by atoms with Crippen molar-refractivity contribution >= 4 is 48.3 Å². The van der Waals surface area contributed by atoms with E-state index in [2.05, 4.69) is 31.4 Å². The fraction of sp³-hybridized carbons (Fsp3) is 0.211. The van der Waals surface area contributed by atoms with Gasteiger partial charge in [0.1, 0.15) is 5.01 Å². The van der Waals surface area contributed by atoms with Gasteiger partial charge in [-0.2, -0.15) is 4.31 Å². The van der Waals surface area contributed by atoms with E-state index in [1.165, 1.54) is 39.9 Å². The minimum absolute atomic E-state index is 0.199. The van der Waals surface area contributed by atoms with Gasteiger partial charge >= 0.3 is 0 Å². The van der Waals surface area contributed by atoms with Crippen LogP contribution in [-0.4, -0.2) is 41.9 Å². The molecule has 1 fully saturated rings. The van der Waals surface area contributed by atoms with Crippen LogP contribution in [0.15, 0.2) is 57.9 Å². The minimum Gasteiger partial charge on any atom is -0.296 e. The Morgan fingerprint density at radius 2 is 1.66 bits per heavy atom. The number of halogens is 1. The highest BCUT2D eigenvalue weighted by Gasteiger charge is 2.27. The maximum atomic E-state index is 12.6. The first kappa shape index (κ1) is 20.1. The van der Waals surface area contributed by atoms with Gasteiger partial charge in [-0.25, -0.2) is 8.42 Å². The minimum atomic E-state index is -3.49. The van der Waals surface area contributed by atoms with Crippen LogP contribution in [0.1, 0.15) is 23.2 Å². The van der Waals surface area contributed by atoms with E-state index in [1.54, 1.807) is 0 Å². The van der Waals surface area contributed by atoms with Crippen molar-refractivity contribution in [3.63, 3.8) is 0 Å². The summed E-state index contributed by atoms with van der Waals surface area (Å²) < 4.78 is 27.6. The van der Waals surface area contributed by atoms with Gasteiger partial charge in [0.25, 0.3) is 5.91 Å². The van der Waals surface area contributed by atoms with Crippen LogP contribution < -0.4 is 5.32 Å². The Hall–Kier alpha value is -2.14. The number of carbonyl (C=O) groups excluding carboxylic acids is 1. The summed E-state index contributed by atoms with van der Waals surface area (Å²) >= 11 is 4.66. The highest BCUT2D eigenvalue weighted by Crippen LogP contribution is 2.28. The maximum absolute atomic E-state index is 12.6. The number of carbonyl (C=O) groups is 1. The predicted molar refractivity (Wildman–Crippen MR) is 115 cm³/mol. The first-order chi connectivity index (χ1) is 13.9. The Balaban J connectivity index is 1.46. The van der Waals surface area contributed by atoms with Gasteiger partial charge in [0, 0.05) is 28.7 Å². The summed E-state index contributed by atoms with van der Waals surface area (Å²) in [7, 11) is -3.49. The van der Waals surface area contributed by atoms with Gasteiger partial charge in [0.2, 0.25) is 15.2 Å². The Kier molecular flexibility index (Phi) is 5.77. The molecule has 2 heterocycles. The van der Waals surface area contributed by atoms with Crippen molar-refractivity contribution in [1.82, 2.24) is 14.5 Å². The van der Waals surface area contributed by atoms with Crippen LogP contribution in [0.25, 0.3) is 10.6 Å². The lowest BCUT2D eigenvalue weighted by molar-refractivity contribution is 0.102. The average Bonchev–Trinajstić information content (AvgIpc) is 3.41. The van der Waals surface area contributed by atoms with Crippen molar-refractivity contribution in [2.45, 2.75) is 17.7 Å². The first-order valence-corrected chi connectivity index (χ1v) is 12.0. The Bertz CT molecular complexity index is 1120. The van der Waals surface area contributed by atoms with E-state index in [0.717, 1.165) is 22.9 Å². The molecule has 1 saturated heterocycles. The lowest BCUT2D eigenvalue weighted by atomic mass is 10.2. The Morgan fingerprint density at radius 1 is 1.00 bits per heavy atom. The number of nitrogens with zero attached hydrogens (tertiary/aromatic N) is 3. The van der Waals surface area contributed by atoms with Crippen molar-refractivity contribution in [2.24, 2.45) is 0 Å². The van der Waals surface area contributed by atoms with Crippen LogP contribution in [0.4, 0.5) is 5.13 Å². The standard InChI is InChI=1S/C19H17BrN4O3S2/c20-15-7-3-14(4-8-15)18-22-23-19(28-18)21-17(25)13-5-9-16(10-6-13)29(26,27)24-11-1-2-12-24/h3-10H,1-2,11-12H2,(H,21,23,25). The molecule has 0 spiro atoms. The summed E-state index contributed by atoms with van der Waals surface area (Å²) in [6, 6.07) is 13.6. The quantitative estimate of drug-likeness (QED) is 0.580. The summed E-state index contributed by atoms with van der Waals surface area (Å²) in [5, 5.41) is 11.9. The van der Waals surface area contributed by atoms with Crippen LogP contribution in [0.3, 0.4) is 0 Å². The molecular formula is C19H17BrN4O3S2. The molecule has 0 atom stereocenters. The van der Waals surface area contributed by atoms with Crippen molar-refractivity contribution in [1.29, 1.82) is 0 Å². The first-order valence-electron chi connectivity index (χ1n) is 8.94. The van der Waals surface area contributed by atoms with Crippen LogP contribution in [0.5, 0.6) is 0 Å². The number of nitrogens with one attached hydrogen (secondary N) is 1. The topological polar surface area (TPSA) is 92.3 Å². The second-order valence-corrected chi connectivity index (χ2v) is 10.3. The number of sulfonamides is 1. The molecule has 29 heavy (non-hydrogen) atoms. The van der Waals surface area contributed by atoms with E-state index in [4.69, 9.17) is 0 Å². The largest absolute Gasteiger partial charge is 0.296 e. The van der Waals surface area contributed by atoms with E-state index < -0.39 is 10.0 Å². The molecule has 1 N–H and O–H groups in total. The zero-order valence-electron chi connectivity index (χ0n) is 15.2. The molecule has 0 radical (unpaired) electrons. The number of hydrogen-bond donors (Lipinski definition) is 1. The number of hydrogen-bond acceptors (Lipinski definition) is 6. The summed E-state index contributed by atoms with van der Waals surface area (Å²) in [4.78, 5) is 12.7. The zero-order chi connectivity index (χ0) is 20.4. The van der Waals surface area contributed by atoms with E-state index in [-0.39, 0.29) is 10.8 Å².